The maximum absolute atomic E-state index is 6.09. The molecule has 0 saturated heterocycles. The van der Waals surface area contributed by atoms with Gasteiger partial charge in [0.2, 0.25) is 0 Å². The largest absolute Gasteiger partial charge is 0.357 e. The van der Waals surface area contributed by atoms with Crippen LogP contribution in [0, 0.1) is 0 Å². The number of halogens is 1. The molecule has 5 nitrogen and oxygen atoms in total. The van der Waals surface area contributed by atoms with Crippen molar-refractivity contribution in [2.75, 3.05) is 7.05 Å². The van der Waals surface area contributed by atoms with Crippen LogP contribution in [0.15, 0.2) is 49.1 Å². The summed E-state index contributed by atoms with van der Waals surface area (Å²) in [7, 11) is 2.09. The van der Waals surface area contributed by atoms with Gasteiger partial charge in [0.1, 0.15) is 5.65 Å². The molecule has 0 unspecified atom stereocenters. The van der Waals surface area contributed by atoms with Crippen LogP contribution in [0.3, 0.4) is 0 Å². The van der Waals surface area contributed by atoms with Crippen LogP contribution in [-0.2, 0) is 13.1 Å². The van der Waals surface area contributed by atoms with E-state index in [9.17, 15) is 0 Å². The first-order chi connectivity index (χ1) is 11.2. The number of fused-ring (bicyclic) bond motifs is 2. The summed E-state index contributed by atoms with van der Waals surface area (Å²) in [4.78, 5) is 14.2. The molecule has 0 atom stereocenters. The van der Waals surface area contributed by atoms with E-state index in [0.29, 0.717) is 5.02 Å². The lowest BCUT2D eigenvalue weighted by Gasteiger charge is -2.15. The van der Waals surface area contributed by atoms with Crippen molar-refractivity contribution < 1.29 is 0 Å². The van der Waals surface area contributed by atoms with Crippen molar-refractivity contribution in [1.82, 2.24) is 24.3 Å². The van der Waals surface area contributed by atoms with Gasteiger partial charge in [-0.25, -0.2) is 4.98 Å². The van der Waals surface area contributed by atoms with Crippen LogP contribution in [0.5, 0.6) is 0 Å². The molecule has 0 bridgehead atoms. The van der Waals surface area contributed by atoms with Crippen molar-refractivity contribution in [1.29, 1.82) is 0 Å². The fourth-order valence-corrected chi connectivity index (χ4v) is 3.02. The highest BCUT2D eigenvalue weighted by Crippen LogP contribution is 2.17. The number of H-pyrrole nitrogens is 1. The second-order valence-electron chi connectivity index (χ2n) is 5.75. The predicted octanol–water partition coefficient (Wildman–Crippen LogP) is 3.50. The van der Waals surface area contributed by atoms with Crippen LogP contribution in [0.4, 0.5) is 0 Å². The second-order valence-corrected chi connectivity index (χ2v) is 6.19. The van der Waals surface area contributed by atoms with E-state index < -0.39 is 0 Å². The standard InChI is InChI=1S/C17H16ClN5/c1-22(10-14-6-12-7-19-5-4-16(12)21-14)11-15-8-20-17-3-2-13(18)9-23(15)17/h2-9,21H,10-11H2,1H3. The molecule has 0 radical (unpaired) electrons. The third-order valence-electron chi connectivity index (χ3n) is 3.90. The summed E-state index contributed by atoms with van der Waals surface area (Å²) in [5.41, 5.74) is 4.31. The molecular formula is C17H16ClN5. The Morgan fingerprint density at radius 3 is 3.00 bits per heavy atom. The maximum atomic E-state index is 6.09. The summed E-state index contributed by atoms with van der Waals surface area (Å²) in [5.74, 6) is 0. The molecule has 0 aromatic carbocycles. The molecule has 0 saturated carbocycles. The van der Waals surface area contributed by atoms with Crippen molar-refractivity contribution in [2.45, 2.75) is 13.1 Å². The molecule has 0 aliphatic heterocycles. The zero-order chi connectivity index (χ0) is 15.8. The lowest BCUT2D eigenvalue weighted by Crippen LogP contribution is -2.18. The minimum Gasteiger partial charge on any atom is -0.357 e. The monoisotopic (exact) mass is 325 g/mol. The fraction of sp³-hybridized carbons (Fsp3) is 0.176. The summed E-state index contributed by atoms with van der Waals surface area (Å²) in [6, 6.07) is 7.92. The van der Waals surface area contributed by atoms with Gasteiger partial charge in [0.25, 0.3) is 0 Å². The van der Waals surface area contributed by atoms with Crippen molar-refractivity contribution in [3.8, 4) is 0 Å². The molecule has 6 heteroatoms. The van der Waals surface area contributed by atoms with E-state index in [1.807, 2.05) is 41.2 Å². The van der Waals surface area contributed by atoms with E-state index in [1.165, 1.54) is 5.69 Å². The number of hydrogen-bond acceptors (Lipinski definition) is 3. The molecule has 0 aliphatic rings. The molecule has 23 heavy (non-hydrogen) atoms. The van der Waals surface area contributed by atoms with Gasteiger partial charge in [0, 0.05) is 48.3 Å². The molecule has 0 amide bonds. The van der Waals surface area contributed by atoms with Crippen molar-refractivity contribution >= 4 is 28.2 Å². The number of nitrogens with one attached hydrogen (secondary N) is 1. The first-order valence-corrected chi connectivity index (χ1v) is 7.78. The van der Waals surface area contributed by atoms with E-state index in [2.05, 4.69) is 33.0 Å². The fourth-order valence-electron chi connectivity index (χ4n) is 2.86. The van der Waals surface area contributed by atoms with Crippen LogP contribution in [-0.4, -0.2) is 31.3 Å². The van der Waals surface area contributed by atoms with Gasteiger partial charge in [-0.2, -0.15) is 0 Å². The summed E-state index contributed by atoms with van der Waals surface area (Å²) in [6.45, 7) is 1.61. The smallest absolute Gasteiger partial charge is 0.137 e. The lowest BCUT2D eigenvalue weighted by molar-refractivity contribution is 0.311. The molecule has 0 aliphatic carbocycles. The third-order valence-corrected chi connectivity index (χ3v) is 4.12. The van der Waals surface area contributed by atoms with Gasteiger partial charge in [-0.1, -0.05) is 11.6 Å². The highest BCUT2D eigenvalue weighted by atomic mass is 35.5. The van der Waals surface area contributed by atoms with Crippen LogP contribution >= 0.6 is 11.6 Å². The number of pyridine rings is 2. The first kappa shape index (κ1) is 14.2. The van der Waals surface area contributed by atoms with Crippen molar-refractivity contribution in [3.63, 3.8) is 0 Å². The molecule has 4 aromatic heterocycles. The zero-order valence-electron chi connectivity index (χ0n) is 12.7. The Morgan fingerprint density at radius 1 is 1.22 bits per heavy atom. The van der Waals surface area contributed by atoms with Gasteiger partial charge < -0.3 is 9.38 Å². The Bertz CT molecular complexity index is 938. The Balaban J connectivity index is 1.54. The van der Waals surface area contributed by atoms with Gasteiger partial charge in [0.05, 0.1) is 16.9 Å². The molecule has 116 valence electrons. The summed E-state index contributed by atoms with van der Waals surface area (Å²) in [6.07, 6.45) is 7.48. The van der Waals surface area contributed by atoms with Gasteiger partial charge in [-0.15, -0.1) is 0 Å². The number of aromatic nitrogens is 4. The van der Waals surface area contributed by atoms with E-state index in [-0.39, 0.29) is 0 Å². The quantitative estimate of drug-likeness (QED) is 0.625. The molecule has 1 N–H and O–H groups in total. The summed E-state index contributed by atoms with van der Waals surface area (Å²) >= 11 is 6.09. The molecular weight excluding hydrogens is 310 g/mol. The van der Waals surface area contributed by atoms with E-state index in [4.69, 9.17) is 11.6 Å². The van der Waals surface area contributed by atoms with Crippen LogP contribution in [0.2, 0.25) is 5.02 Å². The highest BCUT2D eigenvalue weighted by molar-refractivity contribution is 6.30. The Labute approximate surface area is 138 Å². The molecule has 0 fully saturated rings. The number of aromatic amines is 1. The predicted molar refractivity (Wildman–Crippen MR) is 91.5 cm³/mol. The van der Waals surface area contributed by atoms with Gasteiger partial charge in [-0.05, 0) is 31.3 Å². The van der Waals surface area contributed by atoms with Crippen molar-refractivity contribution in [3.05, 3.63) is 65.5 Å². The van der Waals surface area contributed by atoms with Gasteiger partial charge in [0.15, 0.2) is 0 Å². The number of nitrogens with zero attached hydrogens (tertiary/aromatic N) is 4. The van der Waals surface area contributed by atoms with Crippen LogP contribution < -0.4 is 0 Å². The van der Waals surface area contributed by atoms with Gasteiger partial charge >= 0.3 is 0 Å². The Morgan fingerprint density at radius 2 is 2.13 bits per heavy atom. The molecule has 0 spiro atoms. The maximum Gasteiger partial charge on any atom is 0.137 e. The SMILES string of the molecule is CN(Cc1cc2cnccc2[nH]1)Cc1cnc2ccc(Cl)cn12. The molecule has 4 rings (SSSR count). The summed E-state index contributed by atoms with van der Waals surface area (Å²) < 4.78 is 2.04. The normalized spacial score (nSPS) is 11.8. The average molecular weight is 326 g/mol. The Kier molecular flexibility index (Phi) is 3.52. The summed E-state index contributed by atoms with van der Waals surface area (Å²) in [5, 5.41) is 1.85. The van der Waals surface area contributed by atoms with E-state index in [1.54, 1.807) is 6.20 Å². The number of rotatable bonds is 4. The molecule has 4 aromatic rings. The number of imidazole rings is 1. The number of hydrogen-bond donors (Lipinski definition) is 1. The zero-order valence-corrected chi connectivity index (χ0v) is 13.5. The van der Waals surface area contributed by atoms with E-state index in [0.717, 1.165) is 35.3 Å². The minimum absolute atomic E-state index is 0.711. The third kappa shape index (κ3) is 2.81. The first-order valence-electron chi connectivity index (χ1n) is 7.41. The van der Waals surface area contributed by atoms with Crippen LogP contribution in [0.1, 0.15) is 11.4 Å². The lowest BCUT2D eigenvalue weighted by atomic mass is 10.3. The van der Waals surface area contributed by atoms with Gasteiger partial charge in [-0.3, -0.25) is 9.88 Å². The average Bonchev–Trinajstić information content (AvgIpc) is 3.10. The highest BCUT2D eigenvalue weighted by Gasteiger charge is 2.09. The minimum atomic E-state index is 0.711. The Hall–Kier alpha value is -2.37. The topological polar surface area (TPSA) is 49.2 Å². The molecule has 4 heterocycles. The van der Waals surface area contributed by atoms with Crippen molar-refractivity contribution in [2.24, 2.45) is 0 Å². The second kappa shape index (κ2) is 5.68. The van der Waals surface area contributed by atoms with Crippen LogP contribution in [0.25, 0.3) is 16.6 Å². The van der Waals surface area contributed by atoms with E-state index >= 15 is 0 Å².